The molecule has 614 valence electrons. The van der Waals surface area contributed by atoms with Crippen molar-refractivity contribution in [3.05, 3.63) is 170 Å². The molecule has 17 nitrogen and oxygen atoms in total. The Morgan fingerprint density at radius 2 is 0.491 bits per heavy atom. The van der Waals surface area contributed by atoms with Gasteiger partial charge in [0.2, 0.25) is 0 Å². The molecule has 0 fully saturated rings. The second kappa shape index (κ2) is 79.5. The van der Waals surface area contributed by atoms with Crippen molar-refractivity contribution in [3.63, 3.8) is 0 Å². The molecule has 0 aliphatic rings. The Morgan fingerprint density at radius 1 is 0.269 bits per heavy atom. The van der Waals surface area contributed by atoms with Crippen LogP contribution in [-0.4, -0.2) is 96.7 Å². The Morgan fingerprint density at radius 3 is 0.787 bits per heavy atom. The van der Waals surface area contributed by atoms with Gasteiger partial charge in [-0.3, -0.25) is 37.3 Å². The minimum atomic E-state index is -5.01. The summed E-state index contributed by atoms with van der Waals surface area (Å²) in [5.41, 5.74) is 0. The SMILES string of the molecule is CC/C=C\C/C=C\C/C=C\C/C=C\C/C=C\CCCCCC(=O)OCC(COP(=O)(O)OCC(O)COP(=O)(O)OCC(COC(=O)CCCCCCCC/C=C\C/C=C\C/C=C\C/C=C\CC)OC(=O)CCC/C=C\C/C=C\C/C=C\C/C=C\C/C=C\CC)OC(=O)CCCCCCCCCCCCCCC. The number of rotatable bonds is 76. The van der Waals surface area contributed by atoms with Gasteiger partial charge in [0.15, 0.2) is 12.2 Å². The lowest BCUT2D eigenvalue weighted by atomic mass is 10.0. The fourth-order valence-corrected chi connectivity index (χ4v) is 12.1. The highest BCUT2D eigenvalue weighted by molar-refractivity contribution is 7.47. The maximum Gasteiger partial charge on any atom is 0.472 e. The molecule has 0 saturated heterocycles. The molecule has 0 aromatic heterocycles. The number of unbranched alkanes of at least 4 members (excludes halogenated alkanes) is 22. The van der Waals surface area contributed by atoms with E-state index in [0.29, 0.717) is 32.1 Å². The number of ether oxygens (including phenoxy) is 4. The molecule has 0 aromatic rings. The number of carbonyl (C=O) groups excluding carboxylic acids is 4. The van der Waals surface area contributed by atoms with E-state index in [1.165, 1.54) is 51.4 Å². The van der Waals surface area contributed by atoms with Crippen LogP contribution >= 0.6 is 15.6 Å². The van der Waals surface area contributed by atoms with Gasteiger partial charge in [0.25, 0.3) is 0 Å². The summed E-state index contributed by atoms with van der Waals surface area (Å²) in [5, 5.41) is 10.7. The third-order valence-electron chi connectivity index (χ3n) is 16.7. The van der Waals surface area contributed by atoms with Crippen molar-refractivity contribution in [2.24, 2.45) is 0 Å². The lowest BCUT2D eigenvalue weighted by Gasteiger charge is -2.21. The summed E-state index contributed by atoms with van der Waals surface area (Å²) < 4.78 is 68.6. The summed E-state index contributed by atoms with van der Waals surface area (Å²) in [6, 6.07) is 0. The van der Waals surface area contributed by atoms with Gasteiger partial charge in [-0.25, -0.2) is 9.13 Å². The Balaban J connectivity index is 5.46. The number of aliphatic hydroxyl groups excluding tert-OH is 1. The smallest absolute Gasteiger partial charge is 0.462 e. The molecular formula is C89H146O17P2. The molecule has 5 atom stereocenters. The van der Waals surface area contributed by atoms with Gasteiger partial charge in [0.05, 0.1) is 26.4 Å². The third-order valence-corrected chi connectivity index (χ3v) is 18.6. The lowest BCUT2D eigenvalue weighted by molar-refractivity contribution is -0.161. The number of aliphatic hydroxyl groups is 1. The lowest BCUT2D eigenvalue weighted by Crippen LogP contribution is -2.30. The zero-order valence-corrected chi connectivity index (χ0v) is 69.0. The van der Waals surface area contributed by atoms with Gasteiger partial charge in [-0.2, -0.15) is 0 Å². The molecule has 0 saturated carbocycles. The highest BCUT2D eigenvalue weighted by atomic mass is 31.2. The van der Waals surface area contributed by atoms with E-state index in [1.54, 1.807) is 0 Å². The Bertz CT molecular complexity index is 2710. The van der Waals surface area contributed by atoms with Gasteiger partial charge < -0.3 is 33.8 Å². The predicted molar refractivity (Wildman–Crippen MR) is 445 cm³/mol. The maximum atomic E-state index is 13.1. The van der Waals surface area contributed by atoms with E-state index in [4.69, 9.17) is 37.0 Å². The van der Waals surface area contributed by atoms with Gasteiger partial charge in [0.1, 0.15) is 19.3 Å². The van der Waals surface area contributed by atoms with Crippen molar-refractivity contribution in [2.75, 3.05) is 39.6 Å². The summed E-state index contributed by atoms with van der Waals surface area (Å²) in [6.45, 7) is 4.42. The van der Waals surface area contributed by atoms with Crippen molar-refractivity contribution >= 4 is 39.5 Å². The highest BCUT2D eigenvalue weighted by Gasteiger charge is 2.30. The summed E-state index contributed by atoms with van der Waals surface area (Å²) in [7, 11) is -10.0. The largest absolute Gasteiger partial charge is 0.472 e. The first-order valence-corrected chi connectivity index (χ1v) is 44.4. The van der Waals surface area contributed by atoms with Crippen LogP contribution in [0, 0.1) is 0 Å². The Kier molecular flexibility index (Phi) is 75.4. The van der Waals surface area contributed by atoms with Crippen LogP contribution in [0.15, 0.2) is 170 Å². The molecule has 0 spiro atoms. The number of phosphoric ester groups is 2. The number of hydrogen-bond acceptors (Lipinski definition) is 15. The number of phosphoric acid groups is 2. The monoisotopic (exact) mass is 1550 g/mol. The van der Waals surface area contributed by atoms with E-state index in [1.807, 2.05) is 12.2 Å². The van der Waals surface area contributed by atoms with Gasteiger partial charge >= 0.3 is 39.5 Å². The van der Waals surface area contributed by atoms with Crippen molar-refractivity contribution < 1.29 is 80.2 Å². The molecular weight excluding hydrogens is 1400 g/mol. The van der Waals surface area contributed by atoms with Crippen molar-refractivity contribution in [1.82, 2.24) is 0 Å². The van der Waals surface area contributed by atoms with Gasteiger partial charge in [0, 0.05) is 25.7 Å². The van der Waals surface area contributed by atoms with Crippen molar-refractivity contribution in [3.8, 4) is 0 Å². The molecule has 19 heteroatoms. The molecule has 0 amide bonds. The summed E-state index contributed by atoms with van der Waals surface area (Å²) in [5.74, 6) is -2.30. The standard InChI is InChI=1S/C89H146O17P2/c1-5-9-13-17-21-25-29-33-36-39-41-44-46-50-53-57-61-65-69-73-86(91)99-79-84(105-88(93)75-71-67-63-59-55-49-32-28-24-20-16-12-8-4)81-103-107(95,96)101-77-83(90)78-102-108(97,98)104-82-85(106-89(94)76-72-68-64-60-56-52-48-43-38-35-31-27-23-19-15-11-7-3)80-100-87(92)74-70-66-62-58-54-51-47-45-42-40-37-34-30-26-22-18-14-10-6-2/h9-11,13-15,21-23,25-27,33-38,41-42,44-45,48,50,52-53,60,64,83-85,90H,5-8,12,16-20,24,28-32,39-40,43,46-47,49,51,54-59,61-63,65-82H2,1-4H3,(H,95,96)(H,97,98)/b13-9-,14-10-,15-11-,25-21-,26-22-,27-23-,36-33-,37-34-,38-35-,44-41-,45-42-,52-48-,53-50-,64-60-. The molecule has 0 rings (SSSR count). The van der Waals surface area contributed by atoms with Crippen LogP contribution in [0.3, 0.4) is 0 Å². The maximum absolute atomic E-state index is 13.1. The quantitative estimate of drug-likeness (QED) is 0.0169. The van der Waals surface area contributed by atoms with Crippen molar-refractivity contribution in [1.29, 1.82) is 0 Å². The second-order valence-corrected chi connectivity index (χ2v) is 29.8. The highest BCUT2D eigenvalue weighted by Crippen LogP contribution is 2.45. The van der Waals surface area contributed by atoms with Gasteiger partial charge in [-0.05, 0) is 148 Å². The Hall–Kier alpha value is -5.58. The number of carbonyl (C=O) groups is 4. The molecule has 0 aliphatic heterocycles. The first kappa shape index (κ1) is 102. The second-order valence-electron chi connectivity index (χ2n) is 26.9. The number of hydrogen-bond donors (Lipinski definition) is 3. The molecule has 0 aromatic carbocycles. The molecule has 3 N–H and O–H groups in total. The van der Waals surface area contributed by atoms with Crippen LogP contribution in [0.1, 0.15) is 310 Å². The number of allylic oxidation sites excluding steroid dienone is 28. The topological polar surface area (TPSA) is 237 Å². The molecule has 108 heavy (non-hydrogen) atoms. The minimum Gasteiger partial charge on any atom is -0.462 e. The van der Waals surface area contributed by atoms with E-state index in [0.717, 1.165) is 173 Å². The molecule has 0 radical (unpaired) electrons. The van der Waals surface area contributed by atoms with E-state index < -0.39 is 97.5 Å². The average Bonchev–Trinajstić information content (AvgIpc) is 0.916. The number of esters is 4. The molecule has 0 heterocycles. The summed E-state index contributed by atoms with van der Waals surface area (Å²) >= 11 is 0. The van der Waals surface area contributed by atoms with Crippen LogP contribution in [-0.2, 0) is 65.4 Å². The third kappa shape index (κ3) is 78.5. The molecule has 5 unspecified atom stereocenters. The minimum absolute atomic E-state index is 0.00715. The van der Waals surface area contributed by atoms with E-state index in [-0.39, 0.29) is 25.7 Å². The zero-order chi connectivity index (χ0) is 78.9. The summed E-state index contributed by atoms with van der Waals surface area (Å²) in [6.07, 6.45) is 94.7. The van der Waals surface area contributed by atoms with E-state index in [9.17, 15) is 43.2 Å². The van der Waals surface area contributed by atoms with Gasteiger partial charge in [-0.1, -0.05) is 307 Å². The molecule has 0 bridgehead atoms. The zero-order valence-electron chi connectivity index (χ0n) is 67.2. The fourth-order valence-electron chi connectivity index (χ4n) is 10.5. The van der Waals surface area contributed by atoms with Crippen LogP contribution in [0.2, 0.25) is 0 Å². The first-order valence-electron chi connectivity index (χ1n) is 41.4. The van der Waals surface area contributed by atoms with Gasteiger partial charge in [-0.15, -0.1) is 0 Å². The van der Waals surface area contributed by atoms with Crippen LogP contribution in [0.5, 0.6) is 0 Å². The molecule has 0 aliphatic carbocycles. The van der Waals surface area contributed by atoms with Crippen molar-refractivity contribution in [2.45, 2.75) is 329 Å². The predicted octanol–water partition coefficient (Wildman–Crippen LogP) is 24.6. The summed E-state index contributed by atoms with van der Waals surface area (Å²) in [4.78, 5) is 73.1. The van der Waals surface area contributed by atoms with Crippen LogP contribution in [0.25, 0.3) is 0 Å². The van der Waals surface area contributed by atoms with Crippen LogP contribution in [0.4, 0.5) is 0 Å². The first-order chi connectivity index (χ1) is 52.7. The normalized spacial score (nSPS) is 14.7. The van der Waals surface area contributed by atoms with E-state index in [2.05, 4.69) is 186 Å². The van der Waals surface area contributed by atoms with Crippen LogP contribution < -0.4 is 0 Å². The van der Waals surface area contributed by atoms with E-state index >= 15 is 0 Å². The average molecular weight is 1550 g/mol. The fraction of sp³-hybridized carbons (Fsp3) is 0.640. The Labute approximate surface area is 654 Å².